The minimum Gasteiger partial charge on any atom is -0.493 e. The number of ether oxygens (including phenoxy) is 2. The molecule has 1 aromatic carbocycles. The van der Waals surface area contributed by atoms with Gasteiger partial charge in [0.15, 0.2) is 17.3 Å². The molecule has 5 nitrogen and oxygen atoms in total. The number of fused-ring (bicyclic) bond motifs is 1. The van der Waals surface area contributed by atoms with Crippen molar-refractivity contribution in [3.63, 3.8) is 0 Å². The van der Waals surface area contributed by atoms with E-state index in [2.05, 4.69) is 15.3 Å². The highest BCUT2D eigenvalue weighted by atomic mass is 32.1. The second-order valence-electron chi connectivity index (χ2n) is 5.87. The van der Waals surface area contributed by atoms with Crippen LogP contribution in [0.15, 0.2) is 36.0 Å². The molecule has 6 heteroatoms. The van der Waals surface area contributed by atoms with E-state index in [0.29, 0.717) is 0 Å². The number of nitrogens with zero attached hydrogens (tertiary/aromatic N) is 2. The van der Waals surface area contributed by atoms with Gasteiger partial charge >= 0.3 is 0 Å². The molecule has 1 aliphatic rings. The number of anilines is 2. The summed E-state index contributed by atoms with van der Waals surface area (Å²) in [6, 6.07) is 7.88. The highest BCUT2D eigenvalue weighted by Gasteiger charge is 2.19. The number of rotatable bonds is 5. The molecule has 0 atom stereocenters. The Balaban J connectivity index is 1.62. The Morgan fingerprint density at radius 3 is 2.83 bits per heavy atom. The number of thiophene rings is 1. The molecule has 24 heavy (non-hydrogen) atoms. The molecule has 0 aliphatic heterocycles. The Morgan fingerprint density at radius 1 is 1.12 bits per heavy atom. The summed E-state index contributed by atoms with van der Waals surface area (Å²) in [7, 11) is 1.67. The topological polar surface area (TPSA) is 56.3 Å². The van der Waals surface area contributed by atoms with Crippen LogP contribution in [0.1, 0.15) is 25.7 Å². The van der Waals surface area contributed by atoms with E-state index in [9.17, 15) is 0 Å². The van der Waals surface area contributed by atoms with E-state index in [1.165, 1.54) is 12.8 Å². The van der Waals surface area contributed by atoms with Gasteiger partial charge in [0.05, 0.1) is 23.4 Å². The Bertz CT molecular complexity index is 843. The van der Waals surface area contributed by atoms with Gasteiger partial charge in [0.25, 0.3) is 0 Å². The SMILES string of the molecule is COc1ccc(Nc2ncnc3ccsc23)cc1OC1CCCC1. The number of nitrogens with one attached hydrogen (secondary N) is 1. The summed E-state index contributed by atoms with van der Waals surface area (Å²) in [4.78, 5) is 8.64. The molecule has 124 valence electrons. The lowest BCUT2D eigenvalue weighted by molar-refractivity contribution is 0.201. The molecule has 1 aliphatic carbocycles. The Morgan fingerprint density at radius 2 is 2.00 bits per heavy atom. The zero-order valence-electron chi connectivity index (χ0n) is 13.5. The van der Waals surface area contributed by atoms with Crippen LogP contribution in [0.3, 0.4) is 0 Å². The summed E-state index contributed by atoms with van der Waals surface area (Å²) in [5.74, 6) is 2.36. The van der Waals surface area contributed by atoms with Gasteiger partial charge in [-0.2, -0.15) is 0 Å². The highest BCUT2D eigenvalue weighted by molar-refractivity contribution is 7.17. The molecule has 1 N–H and O–H groups in total. The first-order valence-electron chi connectivity index (χ1n) is 8.13. The number of hydrogen-bond donors (Lipinski definition) is 1. The molecule has 1 saturated carbocycles. The Hall–Kier alpha value is -2.34. The maximum atomic E-state index is 6.15. The predicted molar refractivity (Wildman–Crippen MR) is 96.6 cm³/mol. The van der Waals surface area contributed by atoms with Gasteiger partial charge in [-0.05, 0) is 49.3 Å². The van der Waals surface area contributed by atoms with Crippen molar-refractivity contribution in [2.24, 2.45) is 0 Å². The van der Waals surface area contributed by atoms with Crippen molar-refractivity contribution in [2.75, 3.05) is 12.4 Å². The molecule has 0 spiro atoms. The van der Waals surface area contributed by atoms with E-state index in [1.54, 1.807) is 24.8 Å². The molecule has 0 saturated heterocycles. The molecular weight excluding hydrogens is 322 g/mol. The summed E-state index contributed by atoms with van der Waals surface area (Å²) in [6.45, 7) is 0. The molecule has 0 radical (unpaired) electrons. The first-order chi connectivity index (χ1) is 11.8. The van der Waals surface area contributed by atoms with Crippen molar-refractivity contribution < 1.29 is 9.47 Å². The van der Waals surface area contributed by atoms with Gasteiger partial charge in [-0.3, -0.25) is 0 Å². The lowest BCUT2D eigenvalue weighted by Gasteiger charge is -2.17. The molecule has 4 rings (SSSR count). The molecule has 1 fully saturated rings. The monoisotopic (exact) mass is 341 g/mol. The minimum atomic E-state index is 0.289. The maximum Gasteiger partial charge on any atom is 0.163 e. The largest absolute Gasteiger partial charge is 0.493 e. The second-order valence-corrected chi connectivity index (χ2v) is 6.79. The van der Waals surface area contributed by atoms with Crippen molar-refractivity contribution in [2.45, 2.75) is 31.8 Å². The zero-order chi connectivity index (χ0) is 16.4. The van der Waals surface area contributed by atoms with Crippen molar-refractivity contribution in [3.8, 4) is 11.5 Å². The molecule has 0 amide bonds. The molecule has 2 aromatic heterocycles. The summed E-state index contributed by atoms with van der Waals surface area (Å²) < 4.78 is 12.6. The third-order valence-corrected chi connectivity index (χ3v) is 5.18. The minimum absolute atomic E-state index is 0.289. The van der Waals surface area contributed by atoms with Crippen molar-refractivity contribution in [1.29, 1.82) is 0 Å². The lowest BCUT2D eigenvalue weighted by atomic mass is 10.2. The van der Waals surface area contributed by atoms with Crippen LogP contribution in [0.4, 0.5) is 11.5 Å². The van der Waals surface area contributed by atoms with Gasteiger partial charge in [-0.1, -0.05) is 0 Å². The Labute approximate surface area is 144 Å². The van der Waals surface area contributed by atoms with E-state index in [0.717, 1.165) is 46.1 Å². The van der Waals surface area contributed by atoms with Gasteiger partial charge in [-0.15, -0.1) is 11.3 Å². The predicted octanol–water partition coefficient (Wildman–Crippen LogP) is 4.76. The third-order valence-electron chi connectivity index (χ3n) is 4.27. The smallest absolute Gasteiger partial charge is 0.163 e. The average Bonchev–Trinajstić information content (AvgIpc) is 3.27. The van der Waals surface area contributed by atoms with Crippen LogP contribution in [0.25, 0.3) is 10.2 Å². The van der Waals surface area contributed by atoms with Gasteiger partial charge in [0.2, 0.25) is 0 Å². The number of benzene rings is 1. The van der Waals surface area contributed by atoms with Crippen molar-refractivity contribution in [1.82, 2.24) is 9.97 Å². The lowest BCUT2D eigenvalue weighted by Crippen LogP contribution is -2.11. The molecule has 2 heterocycles. The number of methoxy groups -OCH3 is 1. The zero-order valence-corrected chi connectivity index (χ0v) is 14.3. The van der Waals surface area contributed by atoms with E-state index < -0.39 is 0 Å². The van der Waals surface area contributed by atoms with Crippen LogP contribution < -0.4 is 14.8 Å². The summed E-state index contributed by atoms with van der Waals surface area (Å²) in [6.07, 6.45) is 6.57. The van der Waals surface area contributed by atoms with Crippen LogP contribution >= 0.6 is 11.3 Å². The van der Waals surface area contributed by atoms with Gasteiger partial charge in [-0.25, -0.2) is 9.97 Å². The molecular formula is C18H19N3O2S. The van der Waals surface area contributed by atoms with Crippen LogP contribution in [0, 0.1) is 0 Å². The van der Waals surface area contributed by atoms with E-state index >= 15 is 0 Å². The third kappa shape index (κ3) is 3.01. The van der Waals surface area contributed by atoms with Crippen LogP contribution in [-0.2, 0) is 0 Å². The molecule has 0 bridgehead atoms. The van der Waals surface area contributed by atoms with E-state index in [-0.39, 0.29) is 6.10 Å². The highest BCUT2D eigenvalue weighted by Crippen LogP contribution is 2.35. The van der Waals surface area contributed by atoms with Gasteiger partial charge < -0.3 is 14.8 Å². The van der Waals surface area contributed by atoms with E-state index in [1.807, 2.05) is 29.6 Å². The quantitative estimate of drug-likeness (QED) is 0.725. The van der Waals surface area contributed by atoms with Crippen LogP contribution in [0.2, 0.25) is 0 Å². The summed E-state index contributed by atoms with van der Waals surface area (Å²) in [5.41, 5.74) is 1.88. The number of hydrogen-bond acceptors (Lipinski definition) is 6. The van der Waals surface area contributed by atoms with E-state index in [4.69, 9.17) is 9.47 Å². The van der Waals surface area contributed by atoms with Crippen LogP contribution in [-0.4, -0.2) is 23.2 Å². The second kappa shape index (κ2) is 6.65. The summed E-state index contributed by atoms with van der Waals surface area (Å²) >= 11 is 1.63. The van der Waals surface area contributed by atoms with Crippen molar-refractivity contribution in [3.05, 3.63) is 36.0 Å². The van der Waals surface area contributed by atoms with Gasteiger partial charge in [0, 0.05) is 11.8 Å². The van der Waals surface area contributed by atoms with Crippen molar-refractivity contribution >= 4 is 33.1 Å². The summed E-state index contributed by atoms with van der Waals surface area (Å²) in [5, 5.41) is 5.39. The molecule has 0 unspecified atom stereocenters. The normalized spacial score (nSPS) is 14.9. The fourth-order valence-electron chi connectivity index (χ4n) is 3.05. The Kier molecular flexibility index (Phi) is 4.21. The fraction of sp³-hybridized carbons (Fsp3) is 0.333. The standard InChI is InChI=1S/C18H19N3O2S/c1-22-15-7-6-12(10-16(15)23-13-4-2-3-5-13)21-18-17-14(8-9-24-17)19-11-20-18/h6-11,13H,2-5H2,1H3,(H,19,20,21). The number of aromatic nitrogens is 2. The maximum absolute atomic E-state index is 6.15. The fourth-order valence-corrected chi connectivity index (χ4v) is 3.84. The first-order valence-corrected chi connectivity index (χ1v) is 9.01. The molecule has 3 aromatic rings. The average molecular weight is 341 g/mol. The first kappa shape index (κ1) is 15.2. The van der Waals surface area contributed by atoms with Gasteiger partial charge in [0.1, 0.15) is 6.33 Å². The van der Waals surface area contributed by atoms with Crippen LogP contribution in [0.5, 0.6) is 11.5 Å².